The van der Waals surface area contributed by atoms with Crippen LogP contribution in [-0.2, 0) is 4.79 Å². The highest BCUT2D eigenvalue weighted by molar-refractivity contribution is 9.10. The highest BCUT2D eigenvalue weighted by atomic mass is 79.9. The summed E-state index contributed by atoms with van der Waals surface area (Å²) in [5.41, 5.74) is 0.525. The summed E-state index contributed by atoms with van der Waals surface area (Å²) >= 11 is 3.29. The summed E-state index contributed by atoms with van der Waals surface area (Å²) in [6.45, 7) is 1.45. The van der Waals surface area contributed by atoms with E-state index in [-0.39, 0.29) is 18.4 Å². The predicted molar refractivity (Wildman–Crippen MR) is 78.0 cm³/mol. The molecule has 0 atom stereocenters. The Morgan fingerprint density at radius 1 is 1.21 bits per heavy atom. The van der Waals surface area contributed by atoms with Crippen LogP contribution in [0.4, 0.5) is 0 Å². The number of carbonyl (C=O) groups excluding carboxylic acids is 2. The third-order valence-electron chi connectivity index (χ3n) is 2.42. The van der Waals surface area contributed by atoms with Gasteiger partial charge in [0, 0.05) is 16.6 Å². The van der Waals surface area contributed by atoms with Crippen LogP contribution in [0.15, 0.2) is 28.7 Å². The highest BCUT2D eigenvalue weighted by Crippen LogP contribution is 2.11. The van der Waals surface area contributed by atoms with Gasteiger partial charge in [-0.25, -0.2) is 0 Å². The van der Waals surface area contributed by atoms with Gasteiger partial charge in [0.1, 0.15) is 0 Å². The molecular formula is C13H18BrN3O2. The fourth-order valence-electron chi connectivity index (χ4n) is 1.45. The first kappa shape index (κ1) is 15.7. The summed E-state index contributed by atoms with van der Waals surface area (Å²) in [4.78, 5) is 23.2. The Balaban J connectivity index is 2.28. The molecular weight excluding hydrogens is 310 g/mol. The van der Waals surface area contributed by atoms with Crippen molar-refractivity contribution in [3.63, 3.8) is 0 Å². The van der Waals surface area contributed by atoms with Crippen LogP contribution in [0.2, 0.25) is 0 Å². The minimum Gasteiger partial charge on any atom is -0.355 e. The Labute approximate surface area is 121 Å². The van der Waals surface area contributed by atoms with Gasteiger partial charge in [-0.05, 0) is 38.2 Å². The van der Waals surface area contributed by atoms with Gasteiger partial charge in [-0.3, -0.25) is 9.59 Å². The van der Waals surface area contributed by atoms with Crippen LogP contribution in [0.1, 0.15) is 16.8 Å². The molecule has 0 saturated heterocycles. The maximum absolute atomic E-state index is 11.8. The van der Waals surface area contributed by atoms with E-state index in [1.165, 1.54) is 0 Å². The zero-order valence-corrected chi connectivity index (χ0v) is 12.4. The lowest BCUT2D eigenvalue weighted by Gasteiger charge is -2.07. The lowest BCUT2D eigenvalue weighted by atomic mass is 10.2. The van der Waals surface area contributed by atoms with Crippen molar-refractivity contribution in [2.24, 2.45) is 0 Å². The monoisotopic (exact) mass is 327 g/mol. The molecule has 0 bridgehead atoms. The fraction of sp³-hybridized carbons (Fsp3) is 0.385. The van der Waals surface area contributed by atoms with E-state index in [0.29, 0.717) is 12.1 Å². The molecule has 0 aliphatic carbocycles. The first-order chi connectivity index (χ1) is 9.13. The summed E-state index contributed by atoms with van der Waals surface area (Å²) in [6.07, 6.45) is 0.863. The van der Waals surface area contributed by atoms with Gasteiger partial charge in [0.15, 0.2) is 0 Å². The van der Waals surface area contributed by atoms with Crippen LogP contribution in [0.3, 0.4) is 0 Å². The standard InChI is InChI=1S/C13H18BrN3O2/c1-15-6-3-7-16-12(18)9-17-13(19)10-4-2-5-11(14)8-10/h2,4-5,8,15H,3,6-7,9H2,1H3,(H,16,18)(H,17,19). The van der Waals surface area contributed by atoms with Gasteiger partial charge in [-0.2, -0.15) is 0 Å². The number of hydrogen-bond acceptors (Lipinski definition) is 3. The van der Waals surface area contributed by atoms with E-state index >= 15 is 0 Å². The van der Waals surface area contributed by atoms with Crippen molar-refractivity contribution in [3.8, 4) is 0 Å². The molecule has 0 unspecified atom stereocenters. The van der Waals surface area contributed by atoms with Crippen molar-refractivity contribution in [1.82, 2.24) is 16.0 Å². The first-order valence-corrected chi connectivity index (χ1v) is 6.88. The number of carbonyl (C=O) groups is 2. The maximum atomic E-state index is 11.8. The second-order valence-corrected chi connectivity index (χ2v) is 4.92. The van der Waals surface area contributed by atoms with E-state index in [2.05, 4.69) is 31.9 Å². The molecule has 0 aromatic heterocycles. The number of hydrogen-bond donors (Lipinski definition) is 3. The van der Waals surface area contributed by atoms with E-state index in [1.54, 1.807) is 18.2 Å². The Morgan fingerprint density at radius 3 is 2.68 bits per heavy atom. The zero-order chi connectivity index (χ0) is 14.1. The third-order valence-corrected chi connectivity index (χ3v) is 2.92. The Morgan fingerprint density at radius 2 is 2.00 bits per heavy atom. The number of nitrogens with one attached hydrogen (secondary N) is 3. The molecule has 19 heavy (non-hydrogen) atoms. The van der Waals surface area contributed by atoms with Crippen LogP contribution in [0.25, 0.3) is 0 Å². The lowest BCUT2D eigenvalue weighted by molar-refractivity contribution is -0.120. The van der Waals surface area contributed by atoms with Gasteiger partial charge in [0.05, 0.1) is 6.54 Å². The molecule has 1 rings (SSSR count). The molecule has 0 heterocycles. The minimum atomic E-state index is -0.258. The molecule has 1 aromatic rings. The van der Waals surface area contributed by atoms with Crippen LogP contribution >= 0.6 is 15.9 Å². The van der Waals surface area contributed by atoms with Gasteiger partial charge in [0.25, 0.3) is 5.91 Å². The largest absolute Gasteiger partial charge is 0.355 e. The SMILES string of the molecule is CNCCCNC(=O)CNC(=O)c1cccc(Br)c1. The quantitative estimate of drug-likeness (QED) is 0.652. The molecule has 0 spiro atoms. The average Bonchev–Trinajstić information content (AvgIpc) is 2.41. The second kappa shape index (κ2) is 8.66. The van der Waals surface area contributed by atoms with Crippen LogP contribution in [0, 0.1) is 0 Å². The Kier molecular flexibility index (Phi) is 7.14. The van der Waals surface area contributed by atoms with E-state index in [9.17, 15) is 9.59 Å². The minimum absolute atomic E-state index is 0.00903. The number of rotatable bonds is 7. The summed E-state index contributed by atoms with van der Waals surface area (Å²) in [5, 5.41) is 8.31. The van der Waals surface area contributed by atoms with E-state index in [1.807, 2.05) is 13.1 Å². The molecule has 104 valence electrons. The second-order valence-electron chi connectivity index (χ2n) is 4.00. The Bertz CT molecular complexity index is 438. The average molecular weight is 328 g/mol. The molecule has 0 saturated carbocycles. The highest BCUT2D eigenvalue weighted by Gasteiger charge is 2.07. The Hall–Kier alpha value is -1.40. The van der Waals surface area contributed by atoms with E-state index in [0.717, 1.165) is 17.4 Å². The number of benzene rings is 1. The summed E-state index contributed by atoms with van der Waals surface area (Å²) in [6, 6.07) is 7.02. The van der Waals surface area contributed by atoms with Gasteiger partial charge in [-0.1, -0.05) is 22.0 Å². The predicted octanol–water partition coefficient (Wildman–Crippen LogP) is 0.905. The van der Waals surface area contributed by atoms with Crippen molar-refractivity contribution in [2.45, 2.75) is 6.42 Å². The third kappa shape index (κ3) is 6.35. The van der Waals surface area contributed by atoms with Gasteiger partial charge >= 0.3 is 0 Å². The molecule has 1 aromatic carbocycles. The summed E-state index contributed by atoms with van der Waals surface area (Å²) in [7, 11) is 1.86. The zero-order valence-electron chi connectivity index (χ0n) is 10.8. The molecule has 2 amide bonds. The smallest absolute Gasteiger partial charge is 0.251 e. The lowest BCUT2D eigenvalue weighted by Crippen LogP contribution is -2.37. The molecule has 0 radical (unpaired) electrons. The van der Waals surface area contributed by atoms with E-state index in [4.69, 9.17) is 0 Å². The molecule has 0 aliphatic rings. The summed E-state index contributed by atoms with van der Waals surface area (Å²) in [5.74, 6) is -0.439. The normalized spacial score (nSPS) is 10.0. The van der Waals surface area contributed by atoms with Crippen LogP contribution in [-0.4, -0.2) is 38.5 Å². The topological polar surface area (TPSA) is 70.2 Å². The molecule has 0 aliphatic heterocycles. The fourth-order valence-corrected chi connectivity index (χ4v) is 1.85. The van der Waals surface area contributed by atoms with Crippen molar-refractivity contribution in [1.29, 1.82) is 0 Å². The van der Waals surface area contributed by atoms with Crippen molar-refractivity contribution < 1.29 is 9.59 Å². The van der Waals surface area contributed by atoms with Crippen molar-refractivity contribution >= 4 is 27.7 Å². The van der Waals surface area contributed by atoms with Gasteiger partial charge < -0.3 is 16.0 Å². The molecule has 0 fully saturated rings. The number of amides is 2. The van der Waals surface area contributed by atoms with E-state index < -0.39 is 0 Å². The molecule has 6 heteroatoms. The van der Waals surface area contributed by atoms with Crippen molar-refractivity contribution in [3.05, 3.63) is 34.3 Å². The summed E-state index contributed by atoms with van der Waals surface area (Å²) < 4.78 is 0.830. The van der Waals surface area contributed by atoms with Gasteiger partial charge in [-0.15, -0.1) is 0 Å². The number of halogens is 1. The van der Waals surface area contributed by atoms with Crippen molar-refractivity contribution in [2.75, 3.05) is 26.7 Å². The van der Waals surface area contributed by atoms with Crippen LogP contribution < -0.4 is 16.0 Å². The van der Waals surface area contributed by atoms with Crippen LogP contribution in [0.5, 0.6) is 0 Å². The molecule has 5 nitrogen and oxygen atoms in total. The molecule has 3 N–H and O–H groups in total. The maximum Gasteiger partial charge on any atom is 0.251 e. The first-order valence-electron chi connectivity index (χ1n) is 6.08. The van der Waals surface area contributed by atoms with Gasteiger partial charge in [0.2, 0.25) is 5.91 Å².